The Labute approximate surface area is 196 Å². The van der Waals surface area contributed by atoms with Crippen LogP contribution in [0.15, 0.2) is 30.3 Å². The molecule has 0 bridgehead atoms. The van der Waals surface area contributed by atoms with Crippen LogP contribution in [-0.4, -0.2) is 40.7 Å². The van der Waals surface area contributed by atoms with E-state index in [-0.39, 0.29) is 11.3 Å². The van der Waals surface area contributed by atoms with Crippen LogP contribution in [0.5, 0.6) is 5.75 Å². The molecule has 0 spiro atoms. The van der Waals surface area contributed by atoms with Crippen molar-refractivity contribution in [3.63, 3.8) is 0 Å². The molecule has 0 aliphatic carbocycles. The second-order valence-corrected chi connectivity index (χ2v) is 10.2. The number of amides is 1. The minimum atomic E-state index is -0.398. The van der Waals surface area contributed by atoms with Crippen LogP contribution in [0.25, 0.3) is 5.65 Å². The lowest BCUT2D eigenvalue weighted by atomic mass is 9.80. The van der Waals surface area contributed by atoms with Gasteiger partial charge in [0.2, 0.25) is 5.91 Å². The smallest absolute Gasteiger partial charge is 0.217 e. The van der Waals surface area contributed by atoms with Gasteiger partial charge in [0.05, 0.1) is 18.3 Å². The number of ether oxygens (including phenoxy) is 1. The number of methoxy groups -OCH3 is 1. The Morgan fingerprint density at radius 2 is 1.76 bits per heavy atom. The Morgan fingerprint density at radius 1 is 1.12 bits per heavy atom. The summed E-state index contributed by atoms with van der Waals surface area (Å²) >= 11 is 0. The quantitative estimate of drug-likeness (QED) is 0.644. The van der Waals surface area contributed by atoms with Crippen LogP contribution in [0.3, 0.4) is 0 Å². The molecule has 1 aromatic carbocycles. The van der Waals surface area contributed by atoms with Crippen molar-refractivity contribution < 1.29 is 9.53 Å². The summed E-state index contributed by atoms with van der Waals surface area (Å²) in [4.78, 5) is 19.4. The van der Waals surface area contributed by atoms with Crippen LogP contribution in [0.2, 0.25) is 0 Å². The molecule has 0 radical (unpaired) electrons. The lowest BCUT2D eigenvalue weighted by Gasteiger charge is -2.43. The van der Waals surface area contributed by atoms with Gasteiger partial charge in [-0.25, -0.2) is 4.98 Å². The third-order valence-electron chi connectivity index (χ3n) is 6.79. The predicted molar refractivity (Wildman–Crippen MR) is 131 cm³/mol. The highest BCUT2D eigenvalue weighted by Gasteiger charge is 2.38. The van der Waals surface area contributed by atoms with Crippen LogP contribution in [0.1, 0.15) is 63.1 Å². The number of hydrogen-bond acceptors (Lipinski definition) is 5. The van der Waals surface area contributed by atoms with E-state index < -0.39 is 5.54 Å². The molecule has 1 amide bonds. The number of anilines is 1. The Hall–Kier alpha value is -3.09. The molecule has 4 rings (SSSR count). The average molecular weight is 450 g/mol. The zero-order valence-corrected chi connectivity index (χ0v) is 20.8. The third kappa shape index (κ3) is 4.28. The third-order valence-corrected chi connectivity index (χ3v) is 6.79. The highest BCUT2D eigenvalue weighted by Crippen LogP contribution is 2.37. The molecule has 33 heavy (non-hydrogen) atoms. The molecule has 1 aliphatic rings. The summed E-state index contributed by atoms with van der Waals surface area (Å²) in [6, 6.07) is 10.1. The van der Waals surface area contributed by atoms with E-state index >= 15 is 0 Å². The van der Waals surface area contributed by atoms with Gasteiger partial charge in [0, 0.05) is 42.8 Å². The Balaban J connectivity index is 1.70. The first-order valence-electron chi connectivity index (χ1n) is 11.6. The molecule has 1 N–H and O–H groups in total. The zero-order valence-electron chi connectivity index (χ0n) is 20.8. The minimum Gasteiger partial charge on any atom is -0.497 e. The number of aryl methyl sites for hydroxylation is 1. The lowest BCUT2D eigenvalue weighted by Crippen LogP contribution is -2.53. The van der Waals surface area contributed by atoms with Crippen molar-refractivity contribution >= 4 is 17.4 Å². The molecule has 0 atom stereocenters. The SMILES string of the molecule is COc1ccc(C2(NC(C)=O)CCN(c3c(C)c(C)nc4cc(C(C)(C)C)nn34)CC2)cc1. The topological polar surface area (TPSA) is 71.8 Å². The van der Waals surface area contributed by atoms with Gasteiger partial charge in [0.25, 0.3) is 0 Å². The number of carbonyl (C=O) groups excluding carboxylic acids is 1. The molecule has 2 aromatic heterocycles. The van der Waals surface area contributed by atoms with E-state index in [4.69, 9.17) is 14.8 Å². The normalized spacial score (nSPS) is 16.2. The Morgan fingerprint density at radius 3 is 2.30 bits per heavy atom. The molecule has 3 aromatic rings. The lowest BCUT2D eigenvalue weighted by molar-refractivity contribution is -0.121. The van der Waals surface area contributed by atoms with Gasteiger partial charge >= 0.3 is 0 Å². The first-order valence-corrected chi connectivity index (χ1v) is 11.6. The highest BCUT2D eigenvalue weighted by molar-refractivity contribution is 5.74. The second-order valence-electron chi connectivity index (χ2n) is 10.2. The summed E-state index contributed by atoms with van der Waals surface area (Å²) in [5.41, 5.74) is 4.74. The summed E-state index contributed by atoms with van der Waals surface area (Å²) in [5, 5.41) is 8.22. The van der Waals surface area contributed by atoms with Gasteiger partial charge in [-0.1, -0.05) is 32.9 Å². The summed E-state index contributed by atoms with van der Waals surface area (Å²) in [5.74, 6) is 1.89. The largest absolute Gasteiger partial charge is 0.497 e. The molecular formula is C26H35N5O2. The number of carbonyl (C=O) groups is 1. The Kier molecular flexibility index (Phi) is 5.85. The van der Waals surface area contributed by atoms with Gasteiger partial charge < -0.3 is 15.0 Å². The zero-order chi connectivity index (χ0) is 24.0. The average Bonchev–Trinajstić information content (AvgIpc) is 3.19. The van der Waals surface area contributed by atoms with Gasteiger partial charge in [0.1, 0.15) is 11.6 Å². The van der Waals surface area contributed by atoms with Crippen LogP contribution < -0.4 is 15.0 Å². The number of aromatic nitrogens is 3. The van der Waals surface area contributed by atoms with Gasteiger partial charge in [-0.2, -0.15) is 9.61 Å². The maximum Gasteiger partial charge on any atom is 0.217 e. The fourth-order valence-corrected chi connectivity index (χ4v) is 4.75. The molecule has 7 nitrogen and oxygen atoms in total. The molecule has 3 heterocycles. The standard InChI is InChI=1S/C26H35N5O2/c1-17-18(2)27-23-16-22(25(4,5)6)29-31(23)24(17)30-14-12-26(13-15-30,28-19(3)32)20-8-10-21(33-7)11-9-20/h8-11,16H,12-15H2,1-7H3,(H,28,32). The molecule has 0 saturated carbocycles. The number of nitrogens with zero attached hydrogens (tertiary/aromatic N) is 4. The summed E-state index contributed by atoms with van der Waals surface area (Å²) in [7, 11) is 1.66. The molecule has 1 aliphatic heterocycles. The van der Waals surface area contributed by atoms with Crippen molar-refractivity contribution in [1.82, 2.24) is 19.9 Å². The summed E-state index contributed by atoms with van der Waals surface area (Å²) in [6.45, 7) is 13.9. The molecule has 1 fully saturated rings. The van der Waals surface area contributed by atoms with E-state index in [0.717, 1.165) is 65.7 Å². The number of nitrogens with one attached hydrogen (secondary N) is 1. The molecule has 176 valence electrons. The molecule has 0 unspecified atom stereocenters. The van der Waals surface area contributed by atoms with Gasteiger partial charge in [-0.15, -0.1) is 0 Å². The highest BCUT2D eigenvalue weighted by atomic mass is 16.5. The van der Waals surface area contributed by atoms with Gasteiger partial charge in [-0.05, 0) is 44.4 Å². The molecule has 7 heteroatoms. The van der Waals surface area contributed by atoms with E-state index in [0.29, 0.717) is 0 Å². The van der Waals surface area contributed by atoms with E-state index in [2.05, 4.69) is 63.0 Å². The molecule has 1 saturated heterocycles. The number of fused-ring (bicyclic) bond motifs is 1. The van der Waals surface area contributed by atoms with Gasteiger partial charge in [0.15, 0.2) is 5.65 Å². The van der Waals surface area contributed by atoms with Crippen molar-refractivity contribution in [1.29, 1.82) is 0 Å². The number of hydrogen-bond donors (Lipinski definition) is 1. The molecular weight excluding hydrogens is 414 g/mol. The van der Waals surface area contributed by atoms with Crippen LogP contribution in [0, 0.1) is 13.8 Å². The van der Waals surface area contributed by atoms with E-state index in [1.165, 1.54) is 0 Å². The van der Waals surface area contributed by atoms with E-state index in [9.17, 15) is 4.79 Å². The number of benzene rings is 1. The van der Waals surface area contributed by atoms with Crippen molar-refractivity contribution in [2.24, 2.45) is 0 Å². The van der Waals surface area contributed by atoms with E-state index in [1.807, 2.05) is 16.6 Å². The predicted octanol–water partition coefficient (Wildman–Crippen LogP) is 4.28. The Bertz CT molecular complexity index is 1170. The van der Waals surface area contributed by atoms with Crippen molar-refractivity contribution in [3.05, 3.63) is 52.8 Å². The van der Waals surface area contributed by atoms with Crippen molar-refractivity contribution in [2.45, 2.75) is 65.3 Å². The number of rotatable bonds is 4. The number of piperidine rings is 1. The summed E-state index contributed by atoms with van der Waals surface area (Å²) < 4.78 is 7.33. The van der Waals surface area contributed by atoms with Crippen molar-refractivity contribution in [3.8, 4) is 5.75 Å². The second kappa shape index (κ2) is 8.36. The van der Waals surface area contributed by atoms with Crippen LogP contribution in [0.4, 0.5) is 5.82 Å². The van der Waals surface area contributed by atoms with E-state index in [1.54, 1.807) is 14.0 Å². The van der Waals surface area contributed by atoms with Crippen LogP contribution >= 0.6 is 0 Å². The maximum atomic E-state index is 12.2. The first kappa shape index (κ1) is 23.1. The van der Waals surface area contributed by atoms with Crippen molar-refractivity contribution in [2.75, 3.05) is 25.1 Å². The van der Waals surface area contributed by atoms with Gasteiger partial charge in [-0.3, -0.25) is 4.79 Å². The fraction of sp³-hybridized carbons (Fsp3) is 0.500. The maximum absolute atomic E-state index is 12.2. The summed E-state index contributed by atoms with van der Waals surface area (Å²) in [6.07, 6.45) is 1.60. The monoisotopic (exact) mass is 449 g/mol. The first-order chi connectivity index (χ1) is 15.5. The fourth-order valence-electron chi connectivity index (χ4n) is 4.75. The van der Waals surface area contributed by atoms with Crippen LogP contribution in [-0.2, 0) is 15.7 Å². The minimum absolute atomic E-state index is 0.0144.